The van der Waals surface area contributed by atoms with Gasteiger partial charge in [0.2, 0.25) is 0 Å². The molecule has 0 aliphatic heterocycles. The van der Waals surface area contributed by atoms with Gasteiger partial charge in [0.15, 0.2) is 0 Å². The monoisotopic (exact) mass is 238 g/mol. The molecule has 0 unspecified atom stereocenters. The SMILES string of the molecule is CCOC(=O)C=Cc1cnn([C@@H](C)C(=O)O)c1. The van der Waals surface area contributed by atoms with Crippen molar-refractivity contribution >= 4 is 18.0 Å². The summed E-state index contributed by atoms with van der Waals surface area (Å²) in [5, 5.41) is 12.7. The Balaban J connectivity index is 2.69. The molecule has 0 radical (unpaired) electrons. The smallest absolute Gasteiger partial charge is 0.330 e. The van der Waals surface area contributed by atoms with Crippen LogP contribution in [0.25, 0.3) is 6.08 Å². The molecule has 0 aliphatic rings. The number of rotatable bonds is 5. The van der Waals surface area contributed by atoms with E-state index < -0.39 is 18.0 Å². The van der Waals surface area contributed by atoms with Crippen molar-refractivity contribution in [2.24, 2.45) is 0 Å². The van der Waals surface area contributed by atoms with Crippen LogP contribution in [0.5, 0.6) is 0 Å². The van der Waals surface area contributed by atoms with Gasteiger partial charge in [-0.2, -0.15) is 5.10 Å². The first kappa shape index (κ1) is 13.0. The molecular formula is C11H14N2O4. The van der Waals surface area contributed by atoms with Crippen molar-refractivity contribution in [1.29, 1.82) is 0 Å². The average Bonchev–Trinajstić information content (AvgIpc) is 2.74. The highest BCUT2D eigenvalue weighted by Crippen LogP contribution is 2.08. The minimum atomic E-state index is -0.964. The van der Waals surface area contributed by atoms with Gasteiger partial charge in [0, 0.05) is 17.8 Å². The maximum Gasteiger partial charge on any atom is 0.330 e. The van der Waals surface area contributed by atoms with Crippen molar-refractivity contribution in [2.45, 2.75) is 19.9 Å². The lowest BCUT2D eigenvalue weighted by Crippen LogP contribution is -2.15. The fourth-order valence-electron chi connectivity index (χ4n) is 1.12. The summed E-state index contributed by atoms with van der Waals surface area (Å²) in [6.45, 7) is 3.56. The van der Waals surface area contributed by atoms with Gasteiger partial charge in [0.25, 0.3) is 0 Å². The highest BCUT2D eigenvalue weighted by atomic mass is 16.5. The number of aliphatic carboxylic acids is 1. The summed E-state index contributed by atoms with van der Waals surface area (Å²) in [6.07, 6.45) is 5.83. The van der Waals surface area contributed by atoms with Crippen molar-refractivity contribution in [2.75, 3.05) is 6.61 Å². The van der Waals surface area contributed by atoms with Crippen LogP contribution in [0.15, 0.2) is 18.5 Å². The molecule has 0 aromatic carbocycles. The third-order valence-electron chi connectivity index (χ3n) is 2.07. The largest absolute Gasteiger partial charge is 0.480 e. The Hall–Kier alpha value is -2.11. The van der Waals surface area contributed by atoms with Crippen molar-refractivity contribution in [1.82, 2.24) is 9.78 Å². The maximum atomic E-state index is 11.0. The van der Waals surface area contributed by atoms with Gasteiger partial charge in [-0.05, 0) is 19.9 Å². The van der Waals surface area contributed by atoms with E-state index in [4.69, 9.17) is 9.84 Å². The lowest BCUT2D eigenvalue weighted by atomic mass is 10.3. The number of carbonyl (C=O) groups is 2. The fourth-order valence-corrected chi connectivity index (χ4v) is 1.12. The van der Waals surface area contributed by atoms with Gasteiger partial charge in [-0.25, -0.2) is 9.59 Å². The quantitative estimate of drug-likeness (QED) is 0.613. The van der Waals surface area contributed by atoms with E-state index in [1.54, 1.807) is 13.1 Å². The lowest BCUT2D eigenvalue weighted by molar-refractivity contribution is -0.140. The van der Waals surface area contributed by atoms with E-state index in [2.05, 4.69) is 5.10 Å². The molecule has 0 bridgehead atoms. The van der Waals surface area contributed by atoms with E-state index in [0.29, 0.717) is 12.2 Å². The van der Waals surface area contributed by atoms with Crippen LogP contribution in [-0.4, -0.2) is 33.4 Å². The van der Waals surface area contributed by atoms with E-state index in [1.165, 1.54) is 30.0 Å². The van der Waals surface area contributed by atoms with Crippen molar-refractivity contribution in [3.8, 4) is 0 Å². The third-order valence-corrected chi connectivity index (χ3v) is 2.07. The molecule has 1 heterocycles. The Morgan fingerprint density at radius 1 is 1.65 bits per heavy atom. The molecule has 1 N–H and O–H groups in total. The van der Waals surface area contributed by atoms with E-state index in [0.717, 1.165) is 0 Å². The number of ether oxygens (including phenoxy) is 1. The van der Waals surface area contributed by atoms with Crippen LogP contribution in [0.3, 0.4) is 0 Å². The summed E-state index contributed by atoms with van der Waals surface area (Å²) in [5.74, 6) is -1.40. The fraction of sp³-hybridized carbons (Fsp3) is 0.364. The maximum absolute atomic E-state index is 11.0. The molecule has 0 saturated heterocycles. The molecule has 0 amide bonds. The van der Waals surface area contributed by atoms with E-state index in [-0.39, 0.29) is 0 Å². The number of nitrogens with zero attached hydrogens (tertiary/aromatic N) is 2. The minimum Gasteiger partial charge on any atom is -0.480 e. The van der Waals surface area contributed by atoms with Crippen LogP contribution in [0, 0.1) is 0 Å². The molecule has 0 spiro atoms. The normalized spacial score (nSPS) is 12.6. The van der Waals surface area contributed by atoms with E-state index >= 15 is 0 Å². The highest BCUT2D eigenvalue weighted by Gasteiger charge is 2.13. The van der Waals surface area contributed by atoms with Crippen molar-refractivity contribution in [3.63, 3.8) is 0 Å². The second-order valence-electron chi connectivity index (χ2n) is 3.35. The Morgan fingerprint density at radius 2 is 2.35 bits per heavy atom. The summed E-state index contributed by atoms with van der Waals surface area (Å²) in [4.78, 5) is 21.7. The topological polar surface area (TPSA) is 81.4 Å². The third kappa shape index (κ3) is 3.75. The molecular weight excluding hydrogens is 224 g/mol. The van der Waals surface area contributed by atoms with Crippen LogP contribution < -0.4 is 0 Å². The molecule has 1 rings (SSSR count). The van der Waals surface area contributed by atoms with E-state index in [9.17, 15) is 9.59 Å². The summed E-state index contributed by atoms with van der Waals surface area (Å²) in [6, 6.07) is -0.736. The van der Waals surface area contributed by atoms with Gasteiger partial charge in [-0.15, -0.1) is 0 Å². The highest BCUT2D eigenvalue weighted by molar-refractivity contribution is 5.86. The van der Waals surface area contributed by atoms with Crippen LogP contribution in [0.4, 0.5) is 0 Å². The predicted octanol–water partition coefficient (Wildman–Crippen LogP) is 1.10. The molecule has 0 aliphatic carbocycles. The summed E-state index contributed by atoms with van der Waals surface area (Å²) in [5.41, 5.74) is 0.645. The predicted molar refractivity (Wildman–Crippen MR) is 60.2 cm³/mol. The number of carbonyl (C=O) groups excluding carboxylic acids is 1. The number of carboxylic acids is 1. The van der Waals surface area contributed by atoms with Crippen molar-refractivity contribution < 1.29 is 19.4 Å². The van der Waals surface area contributed by atoms with Crippen LogP contribution in [-0.2, 0) is 14.3 Å². The van der Waals surface area contributed by atoms with E-state index in [1.807, 2.05) is 0 Å². The zero-order chi connectivity index (χ0) is 12.8. The van der Waals surface area contributed by atoms with Crippen LogP contribution >= 0.6 is 0 Å². The molecule has 0 fully saturated rings. The van der Waals surface area contributed by atoms with Gasteiger partial charge >= 0.3 is 11.9 Å². The van der Waals surface area contributed by atoms with Crippen LogP contribution in [0.2, 0.25) is 0 Å². The minimum absolute atomic E-state index is 0.318. The standard InChI is InChI=1S/C11H14N2O4/c1-3-17-10(14)5-4-9-6-12-13(7-9)8(2)11(15)16/h4-8H,3H2,1-2H3,(H,15,16)/t8-/m0/s1. The Kier molecular flexibility index (Phi) is 4.45. The van der Waals surface area contributed by atoms with Gasteiger partial charge in [-0.1, -0.05) is 0 Å². The summed E-state index contributed by atoms with van der Waals surface area (Å²) in [7, 11) is 0. The molecule has 0 saturated carbocycles. The van der Waals surface area contributed by atoms with Gasteiger partial charge in [-0.3, -0.25) is 4.68 Å². The second kappa shape index (κ2) is 5.83. The zero-order valence-corrected chi connectivity index (χ0v) is 9.66. The van der Waals surface area contributed by atoms with Gasteiger partial charge < -0.3 is 9.84 Å². The molecule has 1 atom stereocenters. The Bertz CT molecular complexity index is 436. The molecule has 92 valence electrons. The van der Waals surface area contributed by atoms with Crippen molar-refractivity contribution in [3.05, 3.63) is 24.0 Å². The lowest BCUT2D eigenvalue weighted by Gasteiger charge is -2.04. The number of esters is 1. The summed E-state index contributed by atoms with van der Waals surface area (Å²) >= 11 is 0. The second-order valence-corrected chi connectivity index (χ2v) is 3.35. The molecule has 17 heavy (non-hydrogen) atoms. The number of hydrogen-bond donors (Lipinski definition) is 1. The average molecular weight is 238 g/mol. The number of hydrogen-bond acceptors (Lipinski definition) is 4. The van der Waals surface area contributed by atoms with Gasteiger partial charge in [0.05, 0.1) is 12.8 Å². The Labute approximate surface area is 98.5 Å². The molecule has 1 aromatic rings. The van der Waals surface area contributed by atoms with Gasteiger partial charge in [0.1, 0.15) is 6.04 Å². The van der Waals surface area contributed by atoms with Crippen LogP contribution in [0.1, 0.15) is 25.5 Å². The summed E-state index contributed by atoms with van der Waals surface area (Å²) < 4.78 is 6.02. The molecule has 6 heteroatoms. The first-order chi connectivity index (χ1) is 8.04. The number of carboxylic acid groups (broad SMARTS) is 1. The Morgan fingerprint density at radius 3 is 2.94 bits per heavy atom. The zero-order valence-electron chi connectivity index (χ0n) is 9.66. The first-order valence-corrected chi connectivity index (χ1v) is 5.16. The number of aromatic nitrogens is 2. The first-order valence-electron chi connectivity index (χ1n) is 5.16. The molecule has 6 nitrogen and oxygen atoms in total. The molecule has 1 aromatic heterocycles.